The van der Waals surface area contributed by atoms with E-state index < -0.39 is 0 Å². The summed E-state index contributed by atoms with van der Waals surface area (Å²) in [4.78, 5) is 0. The van der Waals surface area contributed by atoms with Crippen LogP contribution in [0.15, 0.2) is 121 Å². The van der Waals surface area contributed by atoms with Crippen LogP contribution in [0.4, 0.5) is 0 Å². The van der Waals surface area contributed by atoms with Gasteiger partial charge in [-0.1, -0.05) is 121 Å². The first kappa shape index (κ1) is 19.1. The fourth-order valence-electron chi connectivity index (χ4n) is 6.12. The molecule has 0 saturated carbocycles. The van der Waals surface area contributed by atoms with Gasteiger partial charge in [0.25, 0.3) is 0 Å². The minimum Gasteiger partial charge on any atom is -0.0622 e. The zero-order chi connectivity index (χ0) is 21.7. The quantitative estimate of drug-likeness (QED) is 0.318. The molecule has 0 saturated heterocycles. The molecule has 6 rings (SSSR count). The highest BCUT2D eigenvalue weighted by Gasteiger charge is 2.60. The second-order valence-corrected chi connectivity index (χ2v) is 8.97. The van der Waals surface area contributed by atoms with Crippen molar-refractivity contribution in [3.63, 3.8) is 0 Å². The first-order valence-corrected chi connectivity index (χ1v) is 11.4. The van der Waals surface area contributed by atoms with Crippen LogP contribution < -0.4 is 0 Å². The van der Waals surface area contributed by atoms with Gasteiger partial charge in [-0.05, 0) is 58.4 Å². The predicted octanol–water partition coefficient (Wildman–Crippen LogP) is 8.14. The molecule has 0 spiro atoms. The van der Waals surface area contributed by atoms with Gasteiger partial charge < -0.3 is 0 Å². The van der Waals surface area contributed by atoms with Crippen molar-refractivity contribution in [3.05, 3.63) is 149 Å². The van der Waals surface area contributed by atoms with Crippen LogP contribution in [0.1, 0.15) is 47.6 Å². The molecule has 32 heavy (non-hydrogen) atoms. The van der Waals surface area contributed by atoms with E-state index in [1.807, 2.05) is 0 Å². The lowest BCUT2D eigenvalue weighted by Gasteiger charge is -2.32. The second-order valence-electron chi connectivity index (χ2n) is 8.97. The van der Waals surface area contributed by atoms with E-state index in [4.69, 9.17) is 0 Å². The average molecular weight is 411 g/mol. The molecule has 2 atom stereocenters. The van der Waals surface area contributed by atoms with Gasteiger partial charge in [0.05, 0.1) is 5.41 Å². The summed E-state index contributed by atoms with van der Waals surface area (Å²) in [5.74, 6) is 0.263. The summed E-state index contributed by atoms with van der Waals surface area (Å²) in [6.07, 6.45) is 0. The maximum atomic E-state index is 2.35. The minimum atomic E-state index is -0.123. The molecule has 0 amide bonds. The lowest BCUT2D eigenvalue weighted by atomic mass is 9.69. The van der Waals surface area contributed by atoms with Crippen LogP contribution in [0.5, 0.6) is 0 Å². The van der Waals surface area contributed by atoms with Crippen LogP contribution >= 0.6 is 0 Å². The Bertz CT molecular complexity index is 1360. The van der Waals surface area contributed by atoms with Gasteiger partial charge in [0.2, 0.25) is 0 Å². The lowest BCUT2D eigenvalue weighted by Crippen LogP contribution is -2.24. The van der Waals surface area contributed by atoms with E-state index in [1.165, 1.54) is 50.1 Å². The van der Waals surface area contributed by atoms with Gasteiger partial charge in [-0.3, -0.25) is 0 Å². The molecule has 2 aliphatic carbocycles. The van der Waals surface area contributed by atoms with Crippen molar-refractivity contribution in [2.24, 2.45) is 0 Å². The zero-order valence-corrected chi connectivity index (χ0v) is 18.5. The maximum absolute atomic E-state index is 2.35. The van der Waals surface area contributed by atoms with E-state index >= 15 is 0 Å². The summed E-state index contributed by atoms with van der Waals surface area (Å²) >= 11 is 0. The maximum Gasteiger partial charge on any atom is 0.0530 e. The first-order valence-electron chi connectivity index (χ1n) is 11.4. The van der Waals surface area contributed by atoms with Gasteiger partial charge in [0.15, 0.2) is 0 Å². The van der Waals surface area contributed by atoms with Crippen LogP contribution in [0, 0.1) is 0 Å². The van der Waals surface area contributed by atoms with Crippen LogP contribution in [-0.4, -0.2) is 0 Å². The number of benzene rings is 4. The van der Waals surface area contributed by atoms with E-state index in [0.29, 0.717) is 0 Å². The molecule has 2 unspecified atom stereocenters. The second kappa shape index (κ2) is 7.21. The third-order valence-corrected chi connectivity index (χ3v) is 7.48. The summed E-state index contributed by atoms with van der Waals surface area (Å²) < 4.78 is 0. The third-order valence-electron chi connectivity index (χ3n) is 7.48. The topological polar surface area (TPSA) is 0 Å². The van der Waals surface area contributed by atoms with E-state index in [9.17, 15) is 0 Å². The zero-order valence-electron chi connectivity index (χ0n) is 18.5. The molecule has 2 aliphatic rings. The van der Waals surface area contributed by atoms with Gasteiger partial charge in [0.1, 0.15) is 0 Å². The van der Waals surface area contributed by atoms with Crippen molar-refractivity contribution in [1.82, 2.24) is 0 Å². The molecule has 4 aromatic carbocycles. The van der Waals surface area contributed by atoms with Gasteiger partial charge in [-0.25, -0.2) is 0 Å². The summed E-state index contributed by atoms with van der Waals surface area (Å²) in [6, 6.07) is 42.1. The molecule has 0 N–H and O–H groups in total. The van der Waals surface area contributed by atoms with Gasteiger partial charge in [0, 0.05) is 5.92 Å². The summed E-state index contributed by atoms with van der Waals surface area (Å²) in [7, 11) is 0. The first-order chi connectivity index (χ1) is 15.7. The Morgan fingerprint density at radius 3 is 1.75 bits per heavy atom. The normalized spacial score (nSPS) is 21.6. The van der Waals surface area contributed by atoms with Crippen molar-refractivity contribution < 1.29 is 0 Å². The number of rotatable bonds is 4. The molecule has 0 heteroatoms. The molecule has 0 aliphatic heterocycles. The van der Waals surface area contributed by atoms with E-state index in [-0.39, 0.29) is 11.3 Å². The summed E-state index contributed by atoms with van der Waals surface area (Å²) in [5.41, 5.74) is 12.6. The SMILES string of the molecule is CC1=C(c2ccccc2)C(C2(c3ccccc3)C(C)=C2c2ccccc2)c2ccccc21. The predicted molar refractivity (Wildman–Crippen MR) is 135 cm³/mol. The molecule has 0 bridgehead atoms. The largest absolute Gasteiger partial charge is 0.0622 e. The van der Waals surface area contributed by atoms with Gasteiger partial charge in [-0.15, -0.1) is 0 Å². The Balaban J connectivity index is 1.64. The Hall–Kier alpha value is -3.64. The van der Waals surface area contributed by atoms with Crippen LogP contribution in [0.2, 0.25) is 0 Å². The smallest absolute Gasteiger partial charge is 0.0530 e. The molecular weight excluding hydrogens is 384 g/mol. The number of allylic oxidation sites excluding steroid dienone is 4. The van der Waals surface area contributed by atoms with Crippen LogP contribution in [-0.2, 0) is 5.41 Å². The van der Waals surface area contributed by atoms with Crippen molar-refractivity contribution in [1.29, 1.82) is 0 Å². The molecule has 0 fully saturated rings. The molecule has 0 heterocycles. The summed E-state index contributed by atoms with van der Waals surface area (Å²) in [6.45, 7) is 4.65. The van der Waals surface area contributed by atoms with E-state index in [2.05, 4.69) is 129 Å². The molecule has 0 nitrogen and oxygen atoms in total. The number of hydrogen-bond donors (Lipinski definition) is 0. The van der Waals surface area contributed by atoms with E-state index in [0.717, 1.165) is 0 Å². The van der Waals surface area contributed by atoms with E-state index in [1.54, 1.807) is 0 Å². The highest BCUT2D eigenvalue weighted by atomic mass is 14.6. The standard InChI is InChI=1S/C32H26/c1-22-27-20-12-13-21-28(27)31(29(22)24-14-6-3-7-15-24)32(26-18-10-5-11-19-26)23(2)30(32)25-16-8-4-9-17-25/h3-21,31H,1-2H3. The highest BCUT2D eigenvalue weighted by molar-refractivity contribution is 6.07. The molecular formula is C32H26. The fourth-order valence-corrected chi connectivity index (χ4v) is 6.12. The molecule has 154 valence electrons. The third kappa shape index (κ3) is 2.56. The number of fused-ring (bicyclic) bond motifs is 1. The Kier molecular flexibility index (Phi) is 4.30. The van der Waals surface area contributed by atoms with Crippen LogP contribution in [0.25, 0.3) is 16.7 Å². The van der Waals surface area contributed by atoms with Crippen molar-refractivity contribution in [2.75, 3.05) is 0 Å². The molecule has 4 aromatic rings. The van der Waals surface area contributed by atoms with Gasteiger partial charge >= 0.3 is 0 Å². The minimum absolute atomic E-state index is 0.123. The molecule has 0 radical (unpaired) electrons. The lowest BCUT2D eigenvalue weighted by molar-refractivity contribution is 0.675. The average Bonchev–Trinajstić information content (AvgIpc) is 3.37. The van der Waals surface area contributed by atoms with Crippen molar-refractivity contribution in [2.45, 2.75) is 25.2 Å². The van der Waals surface area contributed by atoms with Gasteiger partial charge in [-0.2, -0.15) is 0 Å². The Labute approximate surface area is 190 Å². The van der Waals surface area contributed by atoms with Crippen LogP contribution in [0.3, 0.4) is 0 Å². The van der Waals surface area contributed by atoms with Crippen molar-refractivity contribution >= 4 is 16.7 Å². The number of hydrogen-bond acceptors (Lipinski definition) is 0. The summed E-state index contributed by atoms with van der Waals surface area (Å²) in [5, 5.41) is 0. The monoisotopic (exact) mass is 410 g/mol. The Morgan fingerprint density at radius 1 is 0.562 bits per heavy atom. The molecule has 0 aromatic heterocycles. The fraction of sp³-hybridized carbons (Fsp3) is 0.125. The van der Waals surface area contributed by atoms with Crippen molar-refractivity contribution in [3.8, 4) is 0 Å². The Morgan fingerprint density at radius 2 is 1.09 bits per heavy atom. The highest BCUT2D eigenvalue weighted by Crippen LogP contribution is 2.71.